The van der Waals surface area contributed by atoms with Gasteiger partial charge in [-0.2, -0.15) is 5.10 Å². The molecule has 1 saturated heterocycles. The van der Waals surface area contributed by atoms with Crippen LogP contribution in [0.15, 0.2) is 52.6 Å². The van der Waals surface area contributed by atoms with Crippen LogP contribution in [0.3, 0.4) is 0 Å². The molecule has 4 aliphatic rings. The molecule has 1 aromatic heterocycles. The fourth-order valence-corrected chi connectivity index (χ4v) is 11.1. The number of nitrogens with zero attached hydrogens (tertiary/aromatic N) is 6. The molecular formula is C56H79F3N8O13. The number of carbonyl (C=O) groups excluding carboxylic acids is 3. The lowest BCUT2D eigenvalue weighted by Gasteiger charge is -2.80. The lowest BCUT2D eigenvalue weighted by Crippen LogP contribution is -2.85. The summed E-state index contributed by atoms with van der Waals surface area (Å²) in [6, 6.07) is 12.5. The maximum Gasteiger partial charge on any atom is 0.409 e. The number of likely N-dealkylation sites (tertiary alicyclic amines) is 1. The summed E-state index contributed by atoms with van der Waals surface area (Å²) in [7, 11) is 1.42. The Bertz CT molecular complexity index is 2440. The molecule has 0 radical (unpaired) electrons. The molecule has 1 spiro atoms. The molecule has 2 aliphatic heterocycles. The zero-order valence-corrected chi connectivity index (χ0v) is 46.1. The number of carbonyl (C=O) groups is 3. The summed E-state index contributed by atoms with van der Waals surface area (Å²) >= 11 is 0. The molecule has 24 heteroatoms. The number of ether oxygens (including phenoxy) is 10. The van der Waals surface area contributed by atoms with Crippen LogP contribution in [-0.4, -0.2) is 194 Å². The Morgan fingerprint density at radius 1 is 0.787 bits per heavy atom. The van der Waals surface area contributed by atoms with Crippen LogP contribution in [0, 0.1) is 29.8 Å². The summed E-state index contributed by atoms with van der Waals surface area (Å²) in [5.41, 5.74) is 4.29. The summed E-state index contributed by atoms with van der Waals surface area (Å²) in [6.45, 7) is 10.2. The van der Waals surface area contributed by atoms with E-state index >= 15 is 0 Å². The first-order valence-electron chi connectivity index (χ1n) is 27.8. The number of fused-ring (bicyclic) bond motifs is 1. The number of esters is 1. The molecule has 5 atom stereocenters. The third-order valence-corrected chi connectivity index (χ3v) is 15.0. The topological polar surface area (TPSA) is 231 Å². The third-order valence-electron chi connectivity index (χ3n) is 15.0. The van der Waals surface area contributed by atoms with Gasteiger partial charge in [-0.3, -0.25) is 19.5 Å². The van der Waals surface area contributed by atoms with Crippen molar-refractivity contribution in [2.75, 3.05) is 132 Å². The van der Waals surface area contributed by atoms with Gasteiger partial charge in [0.1, 0.15) is 11.6 Å². The molecule has 80 heavy (non-hydrogen) atoms. The molecule has 3 fully saturated rings. The first kappa shape index (κ1) is 62.0. The summed E-state index contributed by atoms with van der Waals surface area (Å²) < 4.78 is 96.0. The molecule has 5 unspecified atom stereocenters. The van der Waals surface area contributed by atoms with Crippen LogP contribution in [0.1, 0.15) is 86.2 Å². The molecule has 0 bridgehead atoms. The summed E-state index contributed by atoms with van der Waals surface area (Å²) in [6.07, 6.45) is 7.68. The van der Waals surface area contributed by atoms with Crippen LogP contribution < -0.4 is 15.9 Å². The minimum absolute atomic E-state index is 0.00276. The maximum atomic E-state index is 13.6. The van der Waals surface area contributed by atoms with E-state index in [1.54, 1.807) is 11.1 Å². The van der Waals surface area contributed by atoms with Gasteiger partial charge in [0.15, 0.2) is 11.6 Å². The highest BCUT2D eigenvalue weighted by molar-refractivity contribution is 6.30. The fraction of sp³-hybridized carbons (Fsp3) is 0.643. The zero-order chi connectivity index (χ0) is 56.5. The number of aryl methyl sites for hydroxylation is 1. The van der Waals surface area contributed by atoms with Gasteiger partial charge < -0.3 is 68.0 Å². The number of hydrogen-bond donors (Lipinski definition) is 2. The number of nitrogens with one attached hydrogen (secondary N) is 1. The predicted molar refractivity (Wildman–Crippen MR) is 287 cm³/mol. The van der Waals surface area contributed by atoms with Crippen LogP contribution >= 0.6 is 0 Å². The second-order valence-corrected chi connectivity index (χ2v) is 19.9. The average Bonchev–Trinajstić information content (AvgIpc) is 3.70. The highest BCUT2D eigenvalue weighted by atomic mass is 19.1. The lowest BCUT2D eigenvalue weighted by molar-refractivity contribution is -0.295. The monoisotopic (exact) mass is 1130 g/mol. The molecular weight excluding hydrogens is 1050 g/mol. The number of hydrazone groups is 1. The lowest BCUT2D eigenvalue weighted by atomic mass is 9.40. The first-order valence-corrected chi connectivity index (χ1v) is 27.8. The van der Waals surface area contributed by atoms with E-state index in [0.717, 1.165) is 42.9 Å². The van der Waals surface area contributed by atoms with Gasteiger partial charge in [0.2, 0.25) is 11.7 Å². The number of piperidine rings is 2. The highest BCUT2D eigenvalue weighted by Gasteiger charge is 2.75. The molecule has 3 N–H and O–H groups in total. The van der Waals surface area contributed by atoms with Crippen LogP contribution in [0.2, 0.25) is 0 Å². The molecule has 21 nitrogen and oxygen atoms in total. The first-order chi connectivity index (χ1) is 39.0. The fourth-order valence-electron chi connectivity index (χ4n) is 11.1. The van der Waals surface area contributed by atoms with Crippen LogP contribution in [0.25, 0.3) is 0 Å². The number of halogens is 3. The van der Waals surface area contributed by atoms with Gasteiger partial charge in [-0.1, -0.05) is 30.3 Å². The standard InChI is InChI=1S/C56H79F3N8O13/c1-40-62-47-39-65(55(70)71-2)17-13-48(47)67(40)51-37-50-56(51)15-11-49(56)66(50)18-12-46(41-7-4-3-5-8-41)63-52(68)10-6-9-43(64-60)38-61-16-20-73-22-24-75-26-28-77-30-32-79-34-33-78-31-29-76-27-25-74-23-21-72-19-14-53(69)80-54-44(58)35-42(57)36-45(54)59/h3-5,7-8,35-36,38,46,49-51H,6,9-34,37,39,60H2,1-2H3,(H,63,68)/b61-38?,64-43-. The Hall–Kier alpha value is -5.57. The Morgan fingerprint density at radius 3 is 1.93 bits per heavy atom. The van der Waals surface area contributed by atoms with Crippen molar-refractivity contribution in [3.8, 4) is 5.75 Å². The number of nitrogens with two attached hydrogens (primary N) is 1. The second kappa shape index (κ2) is 32.8. The van der Waals surface area contributed by atoms with Gasteiger partial charge in [-0.25, -0.2) is 22.9 Å². The number of benzene rings is 2. The van der Waals surface area contributed by atoms with E-state index in [2.05, 4.69) is 48.7 Å². The summed E-state index contributed by atoms with van der Waals surface area (Å²) in [5.74, 6) is 1.12. The molecule has 2 aromatic carbocycles. The van der Waals surface area contributed by atoms with Crippen molar-refractivity contribution in [3.63, 3.8) is 0 Å². The number of amides is 2. The van der Waals surface area contributed by atoms with Crippen molar-refractivity contribution in [2.24, 2.45) is 21.4 Å². The van der Waals surface area contributed by atoms with E-state index in [0.29, 0.717) is 166 Å². The van der Waals surface area contributed by atoms with E-state index in [-0.39, 0.29) is 44.3 Å². The van der Waals surface area contributed by atoms with Gasteiger partial charge in [0, 0.05) is 73.5 Å². The Balaban J connectivity index is 0.627. The number of aliphatic imine (C=N–C) groups is 1. The van der Waals surface area contributed by atoms with Gasteiger partial charge >= 0.3 is 12.1 Å². The van der Waals surface area contributed by atoms with Gasteiger partial charge in [0.25, 0.3) is 0 Å². The normalized spacial score (nSPS) is 19.8. The van der Waals surface area contributed by atoms with Gasteiger partial charge in [-0.15, -0.1) is 0 Å². The molecule has 2 aliphatic carbocycles. The summed E-state index contributed by atoms with van der Waals surface area (Å²) in [5, 5.41) is 7.23. The van der Waals surface area contributed by atoms with E-state index < -0.39 is 29.2 Å². The molecule has 2 saturated carbocycles. The number of aromatic nitrogens is 2. The van der Waals surface area contributed by atoms with Crippen molar-refractivity contribution < 1.29 is 74.9 Å². The van der Waals surface area contributed by atoms with Gasteiger partial charge in [0.05, 0.1) is 150 Å². The van der Waals surface area contributed by atoms with E-state index in [4.69, 9.17) is 53.5 Å². The third kappa shape index (κ3) is 17.5. The quantitative estimate of drug-likeness (QED) is 0.0181. The van der Waals surface area contributed by atoms with E-state index in [1.165, 1.54) is 25.6 Å². The van der Waals surface area contributed by atoms with E-state index in [1.807, 2.05) is 18.2 Å². The molecule has 7 rings (SSSR count). The smallest absolute Gasteiger partial charge is 0.409 e. The molecule has 442 valence electrons. The molecule has 3 heterocycles. The largest absolute Gasteiger partial charge is 0.453 e. The van der Waals surface area contributed by atoms with Gasteiger partial charge in [-0.05, 0) is 51.0 Å². The van der Waals surface area contributed by atoms with Crippen molar-refractivity contribution in [1.29, 1.82) is 0 Å². The second-order valence-electron chi connectivity index (χ2n) is 19.9. The van der Waals surface area contributed by atoms with Crippen molar-refractivity contribution >= 4 is 29.9 Å². The maximum absolute atomic E-state index is 13.6. The molecule has 3 aromatic rings. The molecule has 2 amide bonds. The van der Waals surface area contributed by atoms with Crippen molar-refractivity contribution in [3.05, 3.63) is 82.7 Å². The predicted octanol–water partition coefficient (Wildman–Crippen LogP) is 5.44. The number of methoxy groups -OCH3 is 1. The van der Waals surface area contributed by atoms with Crippen LogP contribution in [0.5, 0.6) is 5.75 Å². The van der Waals surface area contributed by atoms with Crippen molar-refractivity contribution in [2.45, 2.75) is 95.4 Å². The SMILES string of the molecule is COC(=O)N1CCc2c(nc(C)n2C2CC3N(CCC(NC(=O)CCC/C(C=NCCOCCOCCOCCOCCOCCOCCOCCOCCC(=O)Oc4c(F)cc(F)cc4F)=N/N)c4ccccc4)C4CCC432)C1. The summed E-state index contributed by atoms with van der Waals surface area (Å²) in [4.78, 5) is 51.1. The van der Waals surface area contributed by atoms with Crippen LogP contribution in [-0.2, 0) is 65.2 Å². The zero-order valence-electron chi connectivity index (χ0n) is 46.1. The Morgan fingerprint density at radius 2 is 1.38 bits per heavy atom. The van der Waals surface area contributed by atoms with Crippen molar-refractivity contribution in [1.82, 2.24) is 24.7 Å². The van der Waals surface area contributed by atoms with E-state index in [9.17, 15) is 27.6 Å². The average molecular weight is 1130 g/mol. The number of hydrogen-bond acceptors (Lipinski definition) is 18. The Kier molecular flexibility index (Phi) is 25.4. The number of rotatable bonds is 39. The highest BCUT2D eigenvalue weighted by Crippen LogP contribution is 2.73. The Labute approximate surface area is 465 Å². The van der Waals surface area contributed by atoms with Crippen LogP contribution in [0.4, 0.5) is 18.0 Å². The number of imidazole rings is 1. The minimum atomic E-state index is -1.31. The minimum Gasteiger partial charge on any atom is -0.453 e.